The Bertz CT molecular complexity index is 803. The number of benzene rings is 2. The van der Waals surface area contributed by atoms with Gasteiger partial charge in [0, 0.05) is 36.2 Å². The summed E-state index contributed by atoms with van der Waals surface area (Å²) in [7, 11) is 0. The Balaban J connectivity index is 1.64. The monoisotopic (exact) mass is 408 g/mol. The van der Waals surface area contributed by atoms with Crippen LogP contribution < -0.4 is 0 Å². The zero-order valence-electron chi connectivity index (χ0n) is 13.2. The molecule has 7 heteroatoms. The van der Waals surface area contributed by atoms with Crippen LogP contribution in [0.1, 0.15) is 20.7 Å². The summed E-state index contributed by atoms with van der Waals surface area (Å²) in [5, 5.41) is 0. The van der Waals surface area contributed by atoms with E-state index in [1.54, 1.807) is 9.80 Å². The number of piperazine rings is 1. The van der Waals surface area contributed by atoms with Gasteiger partial charge in [0.25, 0.3) is 11.8 Å². The predicted molar refractivity (Wildman–Crippen MR) is 92.3 cm³/mol. The van der Waals surface area contributed by atoms with E-state index in [0.717, 1.165) is 0 Å². The Morgan fingerprint density at radius 1 is 0.800 bits per heavy atom. The molecule has 0 saturated carbocycles. The van der Waals surface area contributed by atoms with Crippen molar-refractivity contribution in [2.45, 2.75) is 0 Å². The quantitative estimate of drug-likeness (QED) is 0.764. The van der Waals surface area contributed by atoms with Gasteiger partial charge in [-0.15, -0.1) is 0 Å². The summed E-state index contributed by atoms with van der Waals surface area (Å²) in [5.41, 5.74) is 0.808. The third-order valence-electron chi connectivity index (χ3n) is 4.11. The van der Waals surface area contributed by atoms with Gasteiger partial charge in [0.15, 0.2) is 0 Å². The van der Waals surface area contributed by atoms with Crippen molar-refractivity contribution in [2.24, 2.45) is 0 Å². The largest absolute Gasteiger partial charge is 0.335 e. The van der Waals surface area contributed by atoms with Crippen molar-refractivity contribution in [3.63, 3.8) is 0 Å². The first kappa shape index (κ1) is 17.5. The number of carbonyl (C=O) groups excluding carboxylic acids is 2. The van der Waals surface area contributed by atoms with E-state index in [0.29, 0.717) is 41.8 Å². The van der Waals surface area contributed by atoms with Crippen LogP contribution >= 0.6 is 15.9 Å². The Labute approximate surface area is 152 Å². The first-order chi connectivity index (χ1) is 12.0. The van der Waals surface area contributed by atoms with Crippen LogP contribution in [0, 0.1) is 11.6 Å². The van der Waals surface area contributed by atoms with Crippen molar-refractivity contribution in [1.82, 2.24) is 9.80 Å². The van der Waals surface area contributed by atoms with E-state index < -0.39 is 11.6 Å². The van der Waals surface area contributed by atoms with Gasteiger partial charge in [-0.3, -0.25) is 9.59 Å². The molecule has 3 rings (SSSR count). The third kappa shape index (κ3) is 3.87. The molecule has 0 aliphatic carbocycles. The highest BCUT2D eigenvalue weighted by Crippen LogP contribution is 2.21. The molecule has 0 bridgehead atoms. The molecule has 0 atom stereocenters. The Morgan fingerprint density at radius 2 is 1.32 bits per heavy atom. The maximum Gasteiger partial charge on any atom is 0.255 e. The molecule has 1 aliphatic heterocycles. The molecular weight excluding hydrogens is 394 g/mol. The van der Waals surface area contributed by atoms with Gasteiger partial charge >= 0.3 is 0 Å². The minimum atomic E-state index is -0.418. The lowest BCUT2D eigenvalue weighted by atomic mass is 10.1. The molecule has 1 fully saturated rings. The summed E-state index contributed by atoms with van der Waals surface area (Å²) in [4.78, 5) is 28.2. The number of carbonyl (C=O) groups is 2. The molecule has 1 heterocycles. The van der Waals surface area contributed by atoms with Crippen molar-refractivity contribution >= 4 is 27.7 Å². The molecule has 2 amide bonds. The minimum absolute atomic E-state index is 0.185. The van der Waals surface area contributed by atoms with E-state index in [1.165, 1.54) is 42.5 Å². The molecule has 25 heavy (non-hydrogen) atoms. The second-order valence-electron chi connectivity index (χ2n) is 5.72. The maximum absolute atomic E-state index is 13.2. The van der Waals surface area contributed by atoms with Crippen LogP contribution in [0.15, 0.2) is 46.9 Å². The highest BCUT2D eigenvalue weighted by atomic mass is 79.9. The zero-order valence-corrected chi connectivity index (χ0v) is 14.8. The number of hydrogen-bond acceptors (Lipinski definition) is 2. The van der Waals surface area contributed by atoms with Crippen LogP contribution in [0.4, 0.5) is 8.78 Å². The van der Waals surface area contributed by atoms with Crippen LogP contribution in [-0.4, -0.2) is 47.8 Å². The number of hydrogen-bond donors (Lipinski definition) is 0. The van der Waals surface area contributed by atoms with E-state index in [2.05, 4.69) is 15.9 Å². The van der Waals surface area contributed by atoms with E-state index in [4.69, 9.17) is 0 Å². The van der Waals surface area contributed by atoms with Gasteiger partial charge in [-0.2, -0.15) is 0 Å². The summed E-state index contributed by atoms with van der Waals surface area (Å²) < 4.78 is 26.5. The van der Waals surface area contributed by atoms with Gasteiger partial charge in [0.05, 0.1) is 5.56 Å². The molecular formula is C18H15BrF2N2O2. The van der Waals surface area contributed by atoms with Gasteiger partial charge in [-0.25, -0.2) is 8.78 Å². The fourth-order valence-corrected chi connectivity index (χ4v) is 3.24. The molecule has 0 N–H and O–H groups in total. The summed E-state index contributed by atoms with van der Waals surface area (Å²) in [5.74, 6) is -1.20. The van der Waals surface area contributed by atoms with Gasteiger partial charge in [-0.1, -0.05) is 0 Å². The van der Waals surface area contributed by atoms with Crippen LogP contribution in [0.25, 0.3) is 0 Å². The van der Waals surface area contributed by atoms with Gasteiger partial charge in [0.1, 0.15) is 11.6 Å². The first-order valence-electron chi connectivity index (χ1n) is 7.75. The maximum atomic E-state index is 13.2. The SMILES string of the molecule is O=C(c1ccc(F)cc1)N1CCN(C(=O)c2ccc(F)cc2Br)CC1. The minimum Gasteiger partial charge on any atom is -0.335 e. The van der Waals surface area contributed by atoms with Gasteiger partial charge in [-0.05, 0) is 58.4 Å². The molecule has 2 aromatic rings. The highest BCUT2D eigenvalue weighted by molar-refractivity contribution is 9.10. The van der Waals surface area contributed by atoms with Crippen molar-refractivity contribution in [3.05, 3.63) is 69.7 Å². The lowest BCUT2D eigenvalue weighted by Crippen LogP contribution is -2.50. The average molecular weight is 409 g/mol. The first-order valence-corrected chi connectivity index (χ1v) is 8.54. The van der Waals surface area contributed by atoms with Crippen molar-refractivity contribution in [3.8, 4) is 0 Å². The number of nitrogens with zero attached hydrogens (tertiary/aromatic N) is 2. The molecule has 1 aliphatic rings. The number of rotatable bonds is 2. The van der Waals surface area contributed by atoms with E-state index >= 15 is 0 Å². The van der Waals surface area contributed by atoms with Crippen LogP contribution in [0.3, 0.4) is 0 Å². The van der Waals surface area contributed by atoms with Crippen molar-refractivity contribution in [2.75, 3.05) is 26.2 Å². The Hall–Kier alpha value is -2.28. The fraction of sp³-hybridized carbons (Fsp3) is 0.222. The Morgan fingerprint density at radius 3 is 1.88 bits per heavy atom. The molecule has 2 aromatic carbocycles. The summed E-state index contributed by atoms with van der Waals surface area (Å²) in [6.07, 6.45) is 0. The second kappa shape index (κ2) is 7.31. The van der Waals surface area contributed by atoms with Gasteiger partial charge < -0.3 is 9.80 Å². The van der Waals surface area contributed by atoms with Crippen LogP contribution in [0.2, 0.25) is 0 Å². The topological polar surface area (TPSA) is 40.6 Å². The summed E-state index contributed by atoms with van der Waals surface area (Å²) in [6.45, 7) is 1.55. The van der Waals surface area contributed by atoms with Crippen LogP contribution in [-0.2, 0) is 0 Å². The predicted octanol–water partition coefficient (Wildman–Crippen LogP) is 3.33. The van der Waals surface area contributed by atoms with Crippen LogP contribution in [0.5, 0.6) is 0 Å². The van der Waals surface area contributed by atoms with E-state index in [1.807, 2.05) is 0 Å². The molecule has 0 spiro atoms. The van der Waals surface area contributed by atoms with Gasteiger partial charge in [0.2, 0.25) is 0 Å². The highest BCUT2D eigenvalue weighted by Gasteiger charge is 2.26. The molecule has 0 unspecified atom stereocenters. The Kier molecular flexibility index (Phi) is 5.13. The summed E-state index contributed by atoms with van der Waals surface area (Å²) in [6, 6.07) is 9.33. The smallest absolute Gasteiger partial charge is 0.255 e. The van der Waals surface area contributed by atoms with Crippen molar-refractivity contribution < 1.29 is 18.4 Å². The average Bonchev–Trinajstić information content (AvgIpc) is 2.61. The number of halogens is 3. The molecule has 0 radical (unpaired) electrons. The molecule has 130 valence electrons. The molecule has 0 aromatic heterocycles. The summed E-state index contributed by atoms with van der Waals surface area (Å²) >= 11 is 3.20. The zero-order chi connectivity index (χ0) is 18.0. The second-order valence-corrected chi connectivity index (χ2v) is 6.57. The van der Waals surface area contributed by atoms with E-state index in [-0.39, 0.29) is 11.8 Å². The lowest BCUT2D eigenvalue weighted by Gasteiger charge is -2.35. The van der Waals surface area contributed by atoms with E-state index in [9.17, 15) is 18.4 Å². The standard InChI is InChI=1S/C18H15BrF2N2O2/c19-16-11-14(21)5-6-15(16)18(25)23-9-7-22(8-10-23)17(24)12-1-3-13(20)4-2-12/h1-6,11H,7-10H2. The third-order valence-corrected chi connectivity index (χ3v) is 4.76. The van der Waals surface area contributed by atoms with Crippen molar-refractivity contribution in [1.29, 1.82) is 0 Å². The fourth-order valence-electron chi connectivity index (χ4n) is 2.72. The number of amides is 2. The normalized spacial score (nSPS) is 14.5. The molecule has 1 saturated heterocycles. The molecule has 4 nitrogen and oxygen atoms in total. The lowest BCUT2D eigenvalue weighted by molar-refractivity contribution is 0.0535.